The molecule has 7 heavy (non-hydrogen) atoms. The van der Waals surface area contributed by atoms with Gasteiger partial charge in [0.2, 0.25) is 0 Å². The highest BCUT2D eigenvalue weighted by Gasteiger charge is 2.15. The maximum atomic E-state index is 8.72. The van der Waals surface area contributed by atoms with Gasteiger partial charge in [-0.05, 0) is 6.92 Å². The summed E-state index contributed by atoms with van der Waals surface area (Å²) in [4.78, 5) is 0. The third-order valence-electron chi connectivity index (χ3n) is 0.501. The molecule has 0 aliphatic rings. The molecule has 0 aliphatic carbocycles. The van der Waals surface area contributed by atoms with Gasteiger partial charge < -0.3 is 5.11 Å². The number of alkyl halides is 1. The Morgan fingerprint density at radius 2 is 2.43 bits per heavy atom. The largest absolute Gasteiger partial charge is 0.375 e. The molecule has 0 aromatic carbocycles. The van der Waals surface area contributed by atoms with Crippen LogP contribution in [-0.2, 0) is 0 Å². The zero-order valence-electron chi connectivity index (χ0n) is 3.98. The Morgan fingerprint density at radius 1 is 2.00 bits per heavy atom. The van der Waals surface area contributed by atoms with E-state index in [1.54, 1.807) is 6.07 Å². The number of nitriles is 1. The van der Waals surface area contributed by atoms with Gasteiger partial charge in [0.15, 0.2) is 5.60 Å². The zero-order chi connectivity index (χ0) is 5.91. The van der Waals surface area contributed by atoms with E-state index in [9.17, 15) is 0 Å². The summed E-state index contributed by atoms with van der Waals surface area (Å²) in [5.74, 6) is 0. The fraction of sp³-hybridized carbons (Fsp3) is 0.750. The van der Waals surface area contributed by atoms with E-state index in [1.807, 2.05) is 0 Å². The highest BCUT2D eigenvalue weighted by molar-refractivity contribution is 9.09. The smallest absolute Gasteiger partial charge is 0.157 e. The first-order valence-corrected chi connectivity index (χ1v) is 2.94. The molecule has 0 saturated heterocycles. The summed E-state index contributed by atoms with van der Waals surface area (Å²) in [6.07, 6.45) is 0. The molecule has 1 atom stereocenters. The van der Waals surface area contributed by atoms with Gasteiger partial charge >= 0.3 is 0 Å². The van der Waals surface area contributed by atoms with Crippen molar-refractivity contribution < 1.29 is 5.11 Å². The predicted octanol–water partition coefficient (Wildman–Crippen LogP) is 0.656. The fourth-order valence-electron chi connectivity index (χ4n) is 0.0299. The average molecular weight is 164 g/mol. The van der Waals surface area contributed by atoms with E-state index >= 15 is 0 Å². The molecule has 0 radical (unpaired) electrons. The Hall–Kier alpha value is -0.0700. The van der Waals surface area contributed by atoms with Crippen molar-refractivity contribution in [1.29, 1.82) is 5.26 Å². The standard InChI is InChI=1S/C4H6BrNO/c1-4(7,2-5)3-6/h7H,2H2,1H3. The van der Waals surface area contributed by atoms with E-state index in [0.29, 0.717) is 5.33 Å². The Morgan fingerprint density at radius 3 is 2.43 bits per heavy atom. The number of hydrogen-bond acceptors (Lipinski definition) is 2. The molecule has 0 aromatic rings. The second-order valence-electron chi connectivity index (χ2n) is 1.52. The van der Waals surface area contributed by atoms with Gasteiger partial charge in [-0.1, -0.05) is 15.9 Å². The topological polar surface area (TPSA) is 44.0 Å². The molecule has 0 heterocycles. The second-order valence-corrected chi connectivity index (χ2v) is 2.08. The zero-order valence-corrected chi connectivity index (χ0v) is 5.57. The quantitative estimate of drug-likeness (QED) is 0.456. The van der Waals surface area contributed by atoms with Gasteiger partial charge in [0.25, 0.3) is 0 Å². The SMILES string of the molecule is CC(O)(C#N)CBr. The minimum Gasteiger partial charge on any atom is -0.375 e. The number of rotatable bonds is 1. The van der Waals surface area contributed by atoms with Crippen molar-refractivity contribution in [2.24, 2.45) is 0 Å². The van der Waals surface area contributed by atoms with Crippen molar-refractivity contribution in [1.82, 2.24) is 0 Å². The Balaban J connectivity index is 3.66. The van der Waals surface area contributed by atoms with Gasteiger partial charge in [0.05, 0.1) is 6.07 Å². The highest BCUT2D eigenvalue weighted by atomic mass is 79.9. The molecule has 0 bridgehead atoms. The van der Waals surface area contributed by atoms with E-state index in [2.05, 4.69) is 15.9 Å². The predicted molar refractivity (Wildman–Crippen MR) is 30.0 cm³/mol. The van der Waals surface area contributed by atoms with Crippen LogP contribution in [-0.4, -0.2) is 16.0 Å². The summed E-state index contributed by atoms with van der Waals surface area (Å²) >= 11 is 2.96. The molecule has 0 aliphatic heterocycles. The molecule has 3 heteroatoms. The average Bonchev–Trinajstić information content (AvgIpc) is 1.68. The van der Waals surface area contributed by atoms with Crippen molar-refractivity contribution >= 4 is 15.9 Å². The van der Waals surface area contributed by atoms with Crippen LogP contribution < -0.4 is 0 Å². The van der Waals surface area contributed by atoms with Crippen molar-refractivity contribution in [2.45, 2.75) is 12.5 Å². The number of halogens is 1. The van der Waals surface area contributed by atoms with Crippen molar-refractivity contribution in [3.05, 3.63) is 0 Å². The van der Waals surface area contributed by atoms with E-state index in [-0.39, 0.29) is 0 Å². The number of aliphatic hydroxyl groups is 1. The highest BCUT2D eigenvalue weighted by Crippen LogP contribution is 2.03. The molecular formula is C4H6BrNO. The minimum atomic E-state index is -1.19. The molecule has 0 rings (SSSR count). The van der Waals surface area contributed by atoms with Crippen LogP contribution in [0.5, 0.6) is 0 Å². The minimum absolute atomic E-state index is 0.302. The first-order valence-electron chi connectivity index (χ1n) is 1.82. The lowest BCUT2D eigenvalue weighted by Gasteiger charge is -2.06. The first-order chi connectivity index (χ1) is 3.12. The number of nitrogens with zero attached hydrogens (tertiary/aromatic N) is 1. The molecule has 0 amide bonds. The van der Waals surface area contributed by atoms with Crippen LogP contribution in [0, 0.1) is 11.3 Å². The molecule has 2 nitrogen and oxygen atoms in total. The van der Waals surface area contributed by atoms with E-state index in [0.717, 1.165) is 0 Å². The van der Waals surface area contributed by atoms with Gasteiger partial charge in [-0.3, -0.25) is 0 Å². The van der Waals surface area contributed by atoms with Crippen LogP contribution in [0.15, 0.2) is 0 Å². The van der Waals surface area contributed by atoms with Crippen LogP contribution >= 0.6 is 15.9 Å². The summed E-state index contributed by atoms with van der Waals surface area (Å²) in [6, 6.07) is 1.70. The van der Waals surface area contributed by atoms with E-state index in [1.165, 1.54) is 6.92 Å². The Kier molecular flexibility index (Phi) is 2.27. The monoisotopic (exact) mass is 163 g/mol. The third kappa shape index (κ3) is 2.60. The second kappa shape index (κ2) is 2.29. The van der Waals surface area contributed by atoms with E-state index in [4.69, 9.17) is 10.4 Å². The lowest BCUT2D eigenvalue weighted by Crippen LogP contribution is -2.22. The summed E-state index contributed by atoms with van der Waals surface area (Å²) in [5, 5.41) is 17.1. The van der Waals surface area contributed by atoms with Crippen molar-refractivity contribution in [3.63, 3.8) is 0 Å². The lowest BCUT2D eigenvalue weighted by atomic mass is 10.2. The van der Waals surface area contributed by atoms with Gasteiger partial charge in [-0.25, -0.2) is 0 Å². The van der Waals surface area contributed by atoms with Gasteiger partial charge in [-0.15, -0.1) is 0 Å². The summed E-state index contributed by atoms with van der Waals surface area (Å²) in [7, 11) is 0. The third-order valence-corrected chi connectivity index (χ3v) is 1.59. The van der Waals surface area contributed by atoms with Crippen molar-refractivity contribution in [3.8, 4) is 6.07 Å². The van der Waals surface area contributed by atoms with Crippen LogP contribution in [0.4, 0.5) is 0 Å². The molecule has 0 saturated carbocycles. The van der Waals surface area contributed by atoms with Crippen LogP contribution in [0.2, 0.25) is 0 Å². The van der Waals surface area contributed by atoms with Crippen LogP contribution in [0.3, 0.4) is 0 Å². The lowest BCUT2D eigenvalue weighted by molar-refractivity contribution is 0.147. The molecule has 40 valence electrons. The van der Waals surface area contributed by atoms with Crippen molar-refractivity contribution in [2.75, 3.05) is 5.33 Å². The normalized spacial score (nSPS) is 17.4. The summed E-state index contributed by atoms with van der Waals surface area (Å²) in [5.41, 5.74) is -1.19. The molecule has 0 aromatic heterocycles. The first kappa shape index (κ1) is 6.93. The Bertz CT molecular complexity index is 94.4. The molecule has 1 N–H and O–H groups in total. The van der Waals surface area contributed by atoms with E-state index < -0.39 is 5.60 Å². The van der Waals surface area contributed by atoms with Gasteiger partial charge in [0.1, 0.15) is 0 Å². The van der Waals surface area contributed by atoms with Gasteiger partial charge in [-0.2, -0.15) is 5.26 Å². The molecular weight excluding hydrogens is 158 g/mol. The van der Waals surface area contributed by atoms with Crippen LogP contribution in [0.1, 0.15) is 6.92 Å². The number of hydrogen-bond donors (Lipinski definition) is 1. The summed E-state index contributed by atoms with van der Waals surface area (Å²) < 4.78 is 0. The maximum absolute atomic E-state index is 8.72. The maximum Gasteiger partial charge on any atom is 0.157 e. The fourth-order valence-corrected chi connectivity index (χ4v) is 0.155. The van der Waals surface area contributed by atoms with Crippen LogP contribution in [0.25, 0.3) is 0 Å². The Labute approximate surface area is 50.9 Å². The molecule has 0 spiro atoms. The summed E-state index contributed by atoms with van der Waals surface area (Å²) in [6.45, 7) is 1.45. The van der Waals surface area contributed by atoms with Gasteiger partial charge in [0, 0.05) is 5.33 Å². The molecule has 0 fully saturated rings. The molecule has 1 unspecified atom stereocenters.